The van der Waals surface area contributed by atoms with E-state index in [4.69, 9.17) is 9.47 Å². The fourth-order valence-electron chi connectivity index (χ4n) is 3.89. The van der Waals surface area contributed by atoms with Gasteiger partial charge in [0.1, 0.15) is 5.75 Å². The van der Waals surface area contributed by atoms with Crippen LogP contribution in [0.2, 0.25) is 0 Å². The van der Waals surface area contributed by atoms with Gasteiger partial charge >= 0.3 is 6.09 Å². The number of hydrogen-bond acceptors (Lipinski definition) is 4. The summed E-state index contributed by atoms with van der Waals surface area (Å²) in [5.41, 5.74) is 0. The third kappa shape index (κ3) is 9.18. The van der Waals surface area contributed by atoms with Crippen molar-refractivity contribution in [1.82, 2.24) is 9.80 Å². The molecule has 164 valence electrons. The average molecular weight is 405 g/mol. The first-order valence-corrected chi connectivity index (χ1v) is 11.4. The van der Waals surface area contributed by atoms with Crippen LogP contribution in [-0.2, 0) is 4.74 Å². The Balaban J connectivity index is 1.55. The predicted molar refractivity (Wildman–Crippen MR) is 118 cm³/mol. The van der Waals surface area contributed by atoms with Crippen molar-refractivity contribution >= 4 is 6.09 Å². The molecule has 0 unspecified atom stereocenters. The van der Waals surface area contributed by atoms with Crippen molar-refractivity contribution < 1.29 is 14.3 Å². The van der Waals surface area contributed by atoms with E-state index in [2.05, 4.69) is 18.9 Å². The van der Waals surface area contributed by atoms with Gasteiger partial charge in [0.05, 0.1) is 6.10 Å². The van der Waals surface area contributed by atoms with Crippen LogP contribution < -0.4 is 4.74 Å². The molecule has 1 aromatic carbocycles. The second-order valence-corrected chi connectivity index (χ2v) is 8.31. The molecule has 1 fully saturated rings. The Hall–Kier alpha value is -1.59. The number of amides is 1. The molecule has 0 aliphatic heterocycles. The molecule has 0 radical (unpaired) electrons. The molecule has 5 heteroatoms. The molecule has 0 spiro atoms. The molecular formula is C24H40N2O3. The molecule has 1 aliphatic rings. The van der Waals surface area contributed by atoms with Gasteiger partial charge in [0.2, 0.25) is 0 Å². The second-order valence-electron chi connectivity index (χ2n) is 8.31. The Morgan fingerprint density at radius 3 is 2.28 bits per heavy atom. The minimum Gasteiger partial charge on any atom is -0.410 e. The van der Waals surface area contributed by atoms with Crippen LogP contribution in [0, 0.1) is 0 Å². The SMILES string of the molecule is CCCCCN(C)CCCCO[C@H]1CC[C@H](N(C)C(=O)Oc2ccccc2)CC1. The lowest BCUT2D eigenvalue weighted by molar-refractivity contribution is 0.0101. The minimum absolute atomic E-state index is 0.239. The number of benzene rings is 1. The number of unbranched alkanes of at least 4 members (excludes halogenated alkanes) is 3. The van der Waals surface area contributed by atoms with Gasteiger partial charge in [-0.3, -0.25) is 0 Å². The zero-order chi connectivity index (χ0) is 20.9. The van der Waals surface area contributed by atoms with E-state index in [1.807, 2.05) is 25.2 Å². The predicted octanol–water partition coefficient (Wildman–Crippen LogP) is 5.35. The third-order valence-electron chi connectivity index (χ3n) is 5.86. The molecule has 0 heterocycles. The number of carbonyl (C=O) groups is 1. The van der Waals surface area contributed by atoms with Crippen LogP contribution in [-0.4, -0.2) is 61.8 Å². The molecule has 29 heavy (non-hydrogen) atoms. The monoisotopic (exact) mass is 404 g/mol. The van der Waals surface area contributed by atoms with Crippen molar-refractivity contribution in [2.45, 2.75) is 76.9 Å². The van der Waals surface area contributed by atoms with Crippen LogP contribution >= 0.6 is 0 Å². The summed E-state index contributed by atoms with van der Waals surface area (Å²) in [6, 6.07) is 9.50. The van der Waals surface area contributed by atoms with Gasteiger partial charge in [-0.05, 0) is 77.2 Å². The minimum atomic E-state index is -0.274. The van der Waals surface area contributed by atoms with Gasteiger partial charge in [0, 0.05) is 19.7 Å². The lowest BCUT2D eigenvalue weighted by Gasteiger charge is -2.34. The van der Waals surface area contributed by atoms with Gasteiger partial charge in [-0.15, -0.1) is 0 Å². The molecule has 1 aromatic rings. The normalized spacial score (nSPS) is 19.3. The van der Waals surface area contributed by atoms with Crippen molar-refractivity contribution in [3.05, 3.63) is 30.3 Å². The first-order valence-electron chi connectivity index (χ1n) is 11.4. The van der Waals surface area contributed by atoms with Crippen LogP contribution in [0.25, 0.3) is 0 Å². The standard InChI is InChI=1S/C24H40N2O3/c1-4-5-9-18-25(2)19-10-11-20-28-22-16-14-21(15-17-22)26(3)24(27)29-23-12-7-6-8-13-23/h6-8,12-13,21-22H,4-5,9-11,14-20H2,1-3H3/t21-,22-. The lowest BCUT2D eigenvalue weighted by Crippen LogP contribution is -2.42. The van der Waals surface area contributed by atoms with Gasteiger partial charge < -0.3 is 19.3 Å². The van der Waals surface area contributed by atoms with E-state index in [-0.39, 0.29) is 12.1 Å². The quantitative estimate of drug-likeness (QED) is 0.441. The number of rotatable bonds is 12. The highest BCUT2D eigenvalue weighted by molar-refractivity contribution is 5.70. The van der Waals surface area contributed by atoms with Crippen LogP contribution in [0.1, 0.15) is 64.7 Å². The molecule has 2 rings (SSSR count). The molecular weight excluding hydrogens is 364 g/mol. The van der Waals surface area contributed by atoms with Crippen LogP contribution in [0.5, 0.6) is 5.75 Å². The zero-order valence-electron chi connectivity index (χ0n) is 18.6. The van der Waals surface area contributed by atoms with Gasteiger partial charge in [0.15, 0.2) is 0 Å². The summed E-state index contributed by atoms with van der Waals surface area (Å²) in [5, 5.41) is 0. The summed E-state index contributed by atoms with van der Waals surface area (Å²) >= 11 is 0. The first-order chi connectivity index (χ1) is 14.1. The van der Waals surface area contributed by atoms with Crippen molar-refractivity contribution in [1.29, 1.82) is 0 Å². The van der Waals surface area contributed by atoms with Crippen molar-refractivity contribution in [2.24, 2.45) is 0 Å². The largest absolute Gasteiger partial charge is 0.415 e. The Morgan fingerprint density at radius 1 is 0.966 bits per heavy atom. The van der Waals surface area contributed by atoms with Crippen LogP contribution in [0.3, 0.4) is 0 Å². The maximum Gasteiger partial charge on any atom is 0.415 e. The molecule has 1 aliphatic carbocycles. The number of ether oxygens (including phenoxy) is 2. The summed E-state index contributed by atoms with van der Waals surface area (Å²) in [6.45, 7) is 5.47. The van der Waals surface area contributed by atoms with E-state index in [9.17, 15) is 4.79 Å². The summed E-state index contributed by atoms with van der Waals surface area (Å²) in [5.74, 6) is 0.595. The van der Waals surface area contributed by atoms with E-state index >= 15 is 0 Å². The van der Waals surface area contributed by atoms with Gasteiger partial charge in [-0.1, -0.05) is 38.0 Å². The molecule has 0 N–H and O–H groups in total. The summed E-state index contributed by atoms with van der Waals surface area (Å²) in [6.07, 6.45) is 10.3. The second kappa shape index (κ2) is 13.6. The average Bonchev–Trinajstić information content (AvgIpc) is 2.74. The number of carbonyl (C=O) groups excluding carboxylic acids is 1. The highest BCUT2D eigenvalue weighted by atomic mass is 16.6. The summed E-state index contributed by atoms with van der Waals surface area (Å²) in [4.78, 5) is 16.5. The van der Waals surface area contributed by atoms with Crippen molar-refractivity contribution in [3.8, 4) is 5.75 Å². The lowest BCUT2D eigenvalue weighted by atomic mass is 9.92. The first kappa shape index (κ1) is 23.7. The summed E-state index contributed by atoms with van der Waals surface area (Å²) in [7, 11) is 4.06. The molecule has 5 nitrogen and oxygen atoms in total. The Labute approximate surface area is 177 Å². The summed E-state index contributed by atoms with van der Waals surface area (Å²) < 4.78 is 11.5. The van der Waals surface area contributed by atoms with Crippen LogP contribution in [0.4, 0.5) is 4.79 Å². The maximum absolute atomic E-state index is 12.3. The number of nitrogens with zero attached hydrogens (tertiary/aromatic N) is 2. The van der Waals surface area contributed by atoms with E-state index in [1.54, 1.807) is 17.0 Å². The Kier molecular flexibility index (Phi) is 11.1. The van der Waals surface area contributed by atoms with E-state index in [1.165, 1.54) is 32.2 Å². The third-order valence-corrected chi connectivity index (χ3v) is 5.86. The molecule has 1 amide bonds. The van der Waals surface area contributed by atoms with Crippen molar-refractivity contribution in [2.75, 3.05) is 33.8 Å². The van der Waals surface area contributed by atoms with Gasteiger partial charge in [-0.25, -0.2) is 4.79 Å². The van der Waals surface area contributed by atoms with E-state index in [0.29, 0.717) is 11.9 Å². The van der Waals surface area contributed by atoms with Crippen molar-refractivity contribution in [3.63, 3.8) is 0 Å². The maximum atomic E-state index is 12.3. The Bertz CT molecular complexity index is 559. The van der Waals surface area contributed by atoms with Gasteiger partial charge in [0.25, 0.3) is 0 Å². The highest BCUT2D eigenvalue weighted by Gasteiger charge is 2.27. The fourth-order valence-corrected chi connectivity index (χ4v) is 3.89. The van der Waals surface area contributed by atoms with Crippen LogP contribution in [0.15, 0.2) is 30.3 Å². The zero-order valence-corrected chi connectivity index (χ0v) is 18.6. The van der Waals surface area contributed by atoms with E-state index < -0.39 is 0 Å². The molecule has 0 bridgehead atoms. The molecule has 0 atom stereocenters. The molecule has 1 saturated carbocycles. The van der Waals surface area contributed by atoms with Gasteiger partial charge in [-0.2, -0.15) is 0 Å². The smallest absolute Gasteiger partial charge is 0.410 e. The fraction of sp³-hybridized carbons (Fsp3) is 0.708. The Morgan fingerprint density at radius 2 is 1.62 bits per heavy atom. The topological polar surface area (TPSA) is 42.0 Å². The molecule has 0 saturated heterocycles. The van der Waals surface area contributed by atoms with E-state index in [0.717, 1.165) is 45.3 Å². The number of para-hydroxylation sites is 1. The molecule has 0 aromatic heterocycles. The number of hydrogen-bond donors (Lipinski definition) is 0. The highest BCUT2D eigenvalue weighted by Crippen LogP contribution is 2.25.